The standard InChI is InChI=1S/C42H27N3/c1-2-12-27(13-3-1)34-25-29(45-40-20-10-6-16-32(40)33-17-7-11-21-41(33)45)26-36-35-24-28(22-23-37(35)43-42(34)36)44-38-18-8-4-14-30(38)31-15-5-9-19-39(31)44/h1-26,43H. The molecule has 0 atom stereocenters. The van der Waals surface area contributed by atoms with Crippen LogP contribution in [0.2, 0.25) is 0 Å². The maximum absolute atomic E-state index is 3.82. The fraction of sp³-hybridized carbons (Fsp3) is 0. The molecular weight excluding hydrogens is 546 g/mol. The number of aromatic nitrogens is 3. The van der Waals surface area contributed by atoms with Crippen LogP contribution in [0.1, 0.15) is 0 Å². The summed E-state index contributed by atoms with van der Waals surface area (Å²) in [7, 11) is 0. The number of rotatable bonds is 3. The summed E-state index contributed by atoms with van der Waals surface area (Å²) in [6.45, 7) is 0. The smallest absolute Gasteiger partial charge is 0.0546 e. The van der Waals surface area contributed by atoms with E-state index in [1.54, 1.807) is 0 Å². The van der Waals surface area contributed by atoms with E-state index in [9.17, 15) is 0 Å². The van der Waals surface area contributed by atoms with Crippen LogP contribution in [0.5, 0.6) is 0 Å². The number of hydrogen-bond acceptors (Lipinski definition) is 0. The van der Waals surface area contributed by atoms with Crippen LogP contribution in [0.15, 0.2) is 158 Å². The molecular formula is C42H27N3. The van der Waals surface area contributed by atoms with Crippen LogP contribution in [0.25, 0.3) is 87.9 Å². The molecule has 0 bridgehead atoms. The number of benzene rings is 7. The van der Waals surface area contributed by atoms with Crippen molar-refractivity contribution in [1.82, 2.24) is 14.1 Å². The van der Waals surface area contributed by atoms with Gasteiger partial charge in [0.25, 0.3) is 0 Å². The van der Waals surface area contributed by atoms with E-state index in [0.717, 1.165) is 22.4 Å². The van der Waals surface area contributed by atoms with Crippen molar-refractivity contribution in [3.8, 4) is 22.5 Å². The zero-order valence-electron chi connectivity index (χ0n) is 24.4. The predicted octanol–water partition coefficient (Wildman–Crippen LogP) is 11.2. The third-order valence-corrected chi connectivity index (χ3v) is 9.44. The van der Waals surface area contributed by atoms with Gasteiger partial charge in [0.15, 0.2) is 0 Å². The lowest BCUT2D eigenvalue weighted by Crippen LogP contribution is -1.95. The summed E-state index contributed by atoms with van der Waals surface area (Å²) >= 11 is 0. The van der Waals surface area contributed by atoms with Gasteiger partial charge in [-0.3, -0.25) is 0 Å². The van der Waals surface area contributed by atoms with Crippen LogP contribution >= 0.6 is 0 Å². The molecule has 0 saturated carbocycles. The van der Waals surface area contributed by atoms with Crippen molar-refractivity contribution in [3.63, 3.8) is 0 Å². The first-order chi connectivity index (χ1) is 22.3. The van der Waals surface area contributed by atoms with Gasteiger partial charge in [-0.2, -0.15) is 0 Å². The Bertz CT molecular complexity index is 2650. The third-order valence-electron chi connectivity index (χ3n) is 9.44. The van der Waals surface area contributed by atoms with Crippen LogP contribution in [0.3, 0.4) is 0 Å². The minimum Gasteiger partial charge on any atom is -0.354 e. The summed E-state index contributed by atoms with van der Waals surface area (Å²) in [6.07, 6.45) is 0. The van der Waals surface area contributed by atoms with Gasteiger partial charge < -0.3 is 14.1 Å². The highest BCUT2D eigenvalue weighted by atomic mass is 15.0. The second kappa shape index (κ2) is 9.22. The Morgan fingerprint density at radius 3 is 1.38 bits per heavy atom. The number of fused-ring (bicyclic) bond motifs is 9. The van der Waals surface area contributed by atoms with Crippen LogP contribution in [-0.2, 0) is 0 Å². The Kier molecular flexibility index (Phi) is 5.00. The van der Waals surface area contributed by atoms with E-state index in [4.69, 9.17) is 0 Å². The highest BCUT2D eigenvalue weighted by Gasteiger charge is 2.18. The van der Waals surface area contributed by atoms with Gasteiger partial charge >= 0.3 is 0 Å². The molecule has 0 aliphatic heterocycles. The first-order valence-corrected chi connectivity index (χ1v) is 15.5. The van der Waals surface area contributed by atoms with E-state index in [2.05, 4.69) is 172 Å². The van der Waals surface area contributed by atoms with Gasteiger partial charge in [0, 0.05) is 54.8 Å². The van der Waals surface area contributed by atoms with Crippen molar-refractivity contribution < 1.29 is 0 Å². The fourth-order valence-electron chi connectivity index (χ4n) is 7.49. The van der Waals surface area contributed by atoms with Gasteiger partial charge in [0.2, 0.25) is 0 Å². The lowest BCUT2D eigenvalue weighted by atomic mass is 10.0. The van der Waals surface area contributed by atoms with E-state index in [0.29, 0.717) is 0 Å². The average Bonchev–Trinajstić information content (AvgIpc) is 3.76. The summed E-state index contributed by atoms with van der Waals surface area (Å²) in [5.41, 5.74) is 11.8. The van der Waals surface area contributed by atoms with Crippen LogP contribution in [0, 0.1) is 0 Å². The fourth-order valence-corrected chi connectivity index (χ4v) is 7.49. The summed E-state index contributed by atoms with van der Waals surface area (Å²) in [6, 6.07) is 57.2. The van der Waals surface area contributed by atoms with E-state index >= 15 is 0 Å². The van der Waals surface area contributed by atoms with E-state index in [1.807, 2.05) is 0 Å². The number of aromatic amines is 1. The zero-order valence-corrected chi connectivity index (χ0v) is 24.4. The van der Waals surface area contributed by atoms with Gasteiger partial charge in [-0.25, -0.2) is 0 Å². The quantitative estimate of drug-likeness (QED) is 0.218. The van der Waals surface area contributed by atoms with Crippen molar-refractivity contribution in [3.05, 3.63) is 158 Å². The molecule has 3 nitrogen and oxygen atoms in total. The summed E-state index contributed by atoms with van der Waals surface area (Å²) in [5.74, 6) is 0. The van der Waals surface area contributed by atoms with Gasteiger partial charge in [-0.1, -0.05) is 103 Å². The van der Waals surface area contributed by atoms with Crippen molar-refractivity contribution in [2.75, 3.05) is 0 Å². The topological polar surface area (TPSA) is 25.6 Å². The molecule has 0 amide bonds. The van der Waals surface area contributed by atoms with Crippen molar-refractivity contribution in [2.24, 2.45) is 0 Å². The lowest BCUT2D eigenvalue weighted by molar-refractivity contribution is 1.18. The summed E-state index contributed by atoms with van der Waals surface area (Å²) in [4.78, 5) is 3.82. The second-order valence-corrected chi connectivity index (χ2v) is 11.9. The molecule has 3 heterocycles. The number of hydrogen-bond donors (Lipinski definition) is 1. The molecule has 45 heavy (non-hydrogen) atoms. The summed E-state index contributed by atoms with van der Waals surface area (Å²) in [5, 5.41) is 7.50. The molecule has 0 aliphatic rings. The molecule has 3 heteroatoms. The van der Waals surface area contributed by atoms with Crippen LogP contribution in [-0.4, -0.2) is 14.1 Å². The number of nitrogens with one attached hydrogen (secondary N) is 1. The molecule has 210 valence electrons. The molecule has 0 fully saturated rings. The van der Waals surface area contributed by atoms with Crippen molar-refractivity contribution in [2.45, 2.75) is 0 Å². The van der Waals surface area contributed by atoms with Gasteiger partial charge in [-0.15, -0.1) is 0 Å². The molecule has 0 spiro atoms. The molecule has 0 radical (unpaired) electrons. The third kappa shape index (κ3) is 3.46. The number of H-pyrrole nitrogens is 1. The highest BCUT2D eigenvalue weighted by Crippen LogP contribution is 2.40. The maximum atomic E-state index is 3.82. The van der Waals surface area contributed by atoms with Crippen molar-refractivity contribution in [1.29, 1.82) is 0 Å². The molecule has 1 N–H and O–H groups in total. The van der Waals surface area contributed by atoms with E-state index in [1.165, 1.54) is 65.5 Å². The number of nitrogens with zero attached hydrogens (tertiary/aromatic N) is 2. The minimum absolute atomic E-state index is 1.13. The van der Waals surface area contributed by atoms with Gasteiger partial charge in [0.1, 0.15) is 0 Å². The Hall–Kier alpha value is -6.06. The van der Waals surface area contributed by atoms with Crippen LogP contribution in [0.4, 0.5) is 0 Å². The average molecular weight is 574 g/mol. The largest absolute Gasteiger partial charge is 0.354 e. The van der Waals surface area contributed by atoms with E-state index < -0.39 is 0 Å². The zero-order chi connectivity index (χ0) is 29.5. The van der Waals surface area contributed by atoms with Crippen LogP contribution < -0.4 is 0 Å². The van der Waals surface area contributed by atoms with Crippen molar-refractivity contribution >= 4 is 65.4 Å². The normalized spacial score (nSPS) is 12.0. The van der Waals surface area contributed by atoms with Gasteiger partial charge in [-0.05, 0) is 60.2 Å². The highest BCUT2D eigenvalue weighted by molar-refractivity contribution is 6.15. The molecule has 7 aromatic carbocycles. The Balaban J connectivity index is 1.31. The minimum atomic E-state index is 1.13. The first-order valence-electron chi connectivity index (χ1n) is 15.5. The first kappa shape index (κ1) is 24.4. The Labute approximate surface area is 259 Å². The Morgan fingerprint density at radius 2 is 0.822 bits per heavy atom. The monoisotopic (exact) mass is 573 g/mol. The second-order valence-electron chi connectivity index (χ2n) is 11.9. The molecule has 10 rings (SSSR count). The van der Waals surface area contributed by atoms with E-state index in [-0.39, 0.29) is 0 Å². The summed E-state index contributed by atoms with van der Waals surface area (Å²) < 4.78 is 4.82. The molecule has 0 unspecified atom stereocenters. The molecule has 0 aliphatic carbocycles. The molecule has 3 aromatic heterocycles. The van der Waals surface area contributed by atoms with Gasteiger partial charge in [0.05, 0.1) is 27.6 Å². The molecule has 10 aromatic rings. The predicted molar refractivity (Wildman–Crippen MR) is 190 cm³/mol. The number of para-hydroxylation sites is 4. The Morgan fingerprint density at radius 1 is 0.356 bits per heavy atom. The maximum Gasteiger partial charge on any atom is 0.0546 e. The SMILES string of the molecule is c1ccc(-c2cc(-n3c4ccccc4c4ccccc43)cc3c2[nH]c2ccc(-n4c5ccccc5c5ccccc54)cc23)cc1. The molecule has 0 saturated heterocycles. The lowest BCUT2D eigenvalue weighted by Gasteiger charge is -2.12.